The van der Waals surface area contributed by atoms with Crippen molar-refractivity contribution in [2.75, 3.05) is 5.32 Å². The first-order chi connectivity index (χ1) is 12.7. The van der Waals surface area contributed by atoms with Crippen LogP contribution in [0.1, 0.15) is 29.7 Å². The van der Waals surface area contributed by atoms with E-state index >= 15 is 0 Å². The summed E-state index contributed by atoms with van der Waals surface area (Å²) in [4.78, 5) is 8.62. The molecule has 5 heteroatoms. The summed E-state index contributed by atoms with van der Waals surface area (Å²) in [7, 11) is 0. The third-order valence-electron chi connectivity index (χ3n) is 4.57. The van der Waals surface area contributed by atoms with Gasteiger partial charge in [-0.1, -0.05) is 60.7 Å². The van der Waals surface area contributed by atoms with E-state index in [1.807, 2.05) is 13.0 Å². The second kappa shape index (κ2) is 6.96. The Balaban J connectivity index is 1.73. The molecule has 0 radical (unpaired) electrons. The van der Waals surface area contributed by atoms with Gasteiger partial charge in [0.05, 0.1) is 0 Å². The van der Waals surface area contributed by atoms with Crippen molar-refractivity contribution in [1.29, 1.82) is 0 Å². The molecule has 0 saturated heterocycles. The van der Waals surface area contributed by atoms with Crippen LogP contribution < -0.4 is 5.32 Å². The average molecular weight is 343 g/mol. The van der Waals surface area contributed by atoms with E-state index in [9.17, 15) is 0 Å². The van der Waals surface area contributed by atoms with Crippen molar-refractivity contribution in [2.24, 2.45) is 0 Å². The number of nitrogens with one attached hydrogen (secondary N) is 1. The van der Waals surface area contributed by atoms with Crippen molar-refractivity contribution in [3.8, 4) is 0 Å². The predicted octanol–water partition coefficient (Wildman–Crippen LogP) is 4.07. The van der Waals surface area contributed by atoms with E-state index in [2.05, 4.69) is 88.0 Å². The lowest BCUT2D eigenvalue weighted by Gasteiger charge is -2.27. The topological polar surface area (TPSA) is 55.1 Å². The minimum Gasteiger partial charge on any atom is -0.366 e. The number of benzene rings is 2. The Kier molecular flexibility index (Phi) is 4.35. The van der Waals surface area contributed by atoms with Gasteiger partial charge in [0.1, 0.15) is 12.1 Å². The van der Waals surface area contributed by atoms with E-state index in [0.29, 0.717) is 5.78 Å². The number of fused-ring (bicyclic) bond motifs is 1. The zero-order chi connectivity index (χ0) is 17.9. The lowest BCUT2D eigenvalue weighted by atomic mass is 9.86. The largest absolute Gasteiger partial charge is 0.366 e. The molecule has 1 atom stereocenters. The predicted molar refractivity (Wildman–Crippen MR) is 103 cm³/mol. The van der Waals surface area contributed by atoms with Crippen LogP contribution in [0, 0.1) is 6.92 Å². The van der Waals surface area contributed by atoms with Crippen LogP contribution in [-0.4, -0.2) is 25.6 Å². The number of hydrogen-bond donors (Lipinski definition) is 1. The molecular weight excluding hydrogens is 322 g/mol. The van der Waals surface area contributed by atoms with Gasteiger partial charge in [-0.25, -0.2) is 4.98 Å². The van der Waals surface area contributed by atoms with Crippen LogP contribution in [0.25, 0.3) is 5.78 Å². The molecule has 1 unspecified atom stereocenters. The van der Waals surface area contributed by atoms with Gasteiger partial charge in [-0.3, -0.25) is 0 Å². The molecule has 5 nitrogen and oxygen atoms in total. The molecule has 4 aromatic rings. The minimum absolute atomic E-state index is 0.147. The molecule has 0 saturated carbocycles. The van der Waals surface area contributed by atoms with Crippen molar-refractivity contribution in [2.45, 2.75) is 25.8 Å². The number of aryl methyl sites for hydroxylation is 1. The fourth-order valence-electron chi connectivity index (χ4n) is 3.44. The summed E-state index contributed by atoms with van der Waals surface area (Å²) in [6.45, 7) is 4.17. The molecular formula is C21H21N5. The van der Waals surface area contributed by atoms with Crippen molar-refractivity contribution in [1.82, 2.24) is 19.6 Å². The summed E-state index contributed by atoms with van der Waals surface area (Å²) in [5.74, 6) is 1.72. The lowest BCUT2D eigenvalue weighted by molar-refractivity contribution is 0.677. The maximum absolute atomic E-state index is 4.41. The fraction of sp³-hybridized carbons (Fsp3) is 0.190. The van der Waals surface area contributed by atoms with Gasteiger partial charge in [-0.05, 0) is 25.0 Å². The average Bonchev–Trinajstić information content (AvgIpc) is 3.12. The van der Waals surface area contributed by atoms with Gasteiger partial charge < -0.3 is 5.32 Å². The highest BCUT2D eigenvalue weighted by Gasteiger charge is 2.22. The number of aromatic nitrogens is 4. The van der Waals surface area contributed by atoms with E-state index in [1.165, 1.54) is 17.5 Å². The van der Waals surface area contributed by atoms with Gasteiger partial charge in [-0.2, -0.15) is 14.6 Å². The first-order valence-corrected chi connectivity index (χ1v) is 8.76. The summed E-state index contributed by atoms with van der Waals surface area (Å²) < 4.78 is 1.75. The molecule has 4 rings (SSSR count). The van der Waals surface area contributed by atoms with Crippen LogP contribution >= 0.6 is 0 Å². The Morgan fingerprint density at radius 3 is 2.15 bits per heavy atom. The Labute approximate surface area is 152 Å². The van der Waals surface area contributed by atoms with Crippen molar-refractivity contribution in [3.05, 3.63) is 89.9 Å². The number of hydrogen-bond acceptors (Lipinski definition) is 4. The molecule has 0 aliphatic rings. The molecule has 2 aromatic heterocycles. The highest BCUT2D eigenvalue weighted by Crippen LogP contribution is 2.29. The van der Waals surface area contributed by atoms with E-state index in [1.54, 1.807) is 4.52 Å². The molecule has 0 spiro atoms. The second-order valence-corrected chi connectivity index (χ2v) is 6.49. The smallest absolute Gasteiger partial charge is 0.254 e. The van der Waals surface area contributed by atoms with Gasteiger partial charge in [-0.15, -0.1) is 0 Å². The molecule has 130 valence electrons. The van der Waals surface area contributed by atoms with Gasteiger partial charge in [0.15, 0.2) is 0 Å². The third kappa shape index (κ3) is 3.16. The Hall–Kier alpha value is -3.21. The Morgan fingerprint density at radius 2 is 1.54 bits per heavy atom. The normalized spacial score (nSPS) is 12.4. The second-order valence-electron chi connectivity index (χ2n) is 6.49. The summed E-state index contributed by atoms with van der Waals surface area (Å²) in [5.41, 5.74) is 3.47. The van der Waals surface area contributed by atoms with Gasteiger partial charge in [0.2, 0.25) is 0 Å². The van der Waals surface area contributed by atoms with Crippen molar-refractivity contribution in [3.63, 3.8) is 0 Å². The SMILES string of the molecule is Cc1cc(NC(C)C(c2ccccc2)c2ccccc2)n2ncnc2n1. The van der Waals surface area contributed by atoms with E-state index in [-0.39, 0.29) is 12.0 Å². The molecule has 1 N–H and O–H groups in total. The minimum atomic E-state index is 0.147. The van der Waals surface area contributed by atoms with Crippen LogP contribution in [-0.2, 0) is 0 Å². The zero-order valence-corrected chi connectivity index (χ0v) is 14.9. The highest BCUT2D eigenvalue weighted by atomic mass is 15.4. The number of anilines is 1. The molecule has 0 aliphatic carbocycles. The standard InChI is InChI=1S/C21H21N5/c1-15-13-19(26-21(24-15)22-14-23-26)25-16(2)20(17-9-5-3-6-10-17)18-11-7-4-8-12-18/h3-14,16,20,25H,1-2H3. The quantitative estimate of drug-likeness (QED) is 0.593. The highest BCUT2D eigenvalue weighted by molar-refractivity contribution is 5.47. The molecule has 0 bridgehead atoms. The lowest BCUT2D eigenvalue weighted by Crippen LogP contribution is -2.26. The molecule has 0 fully saturated rings. The molecule has 2 aromatic carbocycles. The Bertz CT molecular complexity index is 955. The maximum Gasteiger partial charge on any atom is 0.254 e. The summed E-state index contributed by atoms with van der Waals surface area (Å²) >= 11 is 0. The van der Waals surface area contributed by atoms with Crippen LogP contribution in [0.5, 0.6) is 0 Å². The Morgan fingerprint density at radius 1 is 0.923 bits per heavy atom. The van der Waals surface area contributed by atoms with Crippen LogP contribution in [0.3, 0.4) is 0 Å². The molecule has 26 heavy (non-hydrogen) atoms. The zero-order valence-electron chi connectivity index (χ0n) is 14.9. The van der Waals surface area contributed by atoms with Crippen molar-refractivity contribution >= 4 is 11.6 Å². The maximum atomic E-state index is 4.41. The van der Waals surface area contributed by atoms with Crippen LogP contribution in [0.4, 0.5) is 5.82 Å². The summed E-state index contributed by atoms with van der Waals surface area (Å²) in [6.07, 6.45) is 1.53. The third-order valence-corrected chi connectivity index (χ3v) is 4.57. The van der Waals surface area contributed by atoms with Gasteiger partial charge >= 0.3 is 0 Å². The summed E-state index contributed by atoms with van der Waals surface area (Å²) in [5, 5.41) is 7.93. The number of rotatable bonds is 5. The first kappa shape index (κ1) is 16.3. The molecule has 2 heterocycles. The van der Waals surface area contributed by atoms with E-state index < -0.39 is 0 Å². The van der Waals surface area contributed by atoms with Gasteiger partial charge in [0, 0.05) is 23.7 Å². The van der Waals surface area contributed by atoms with Crippen molar-refractivity contribution < 1.29 is 0 Å². The van der Waals surface area contributed by atoms with E-state index in [0.717, 1.165) is 11.5 Å². The van der Waals surface area contributed by atoms with Crippen LogP contribution in [0.15, 0.2) is 73.1 Å². The van der Waals surface area contributed by atoms with E-state index in [4.69, 9.17) is 0 Å². The first-order valence-electron chi connectivity index (χ1n) is 8.76. The number of nitrogens with zero attached hydrogens (tertiary/aromatic N) is 4. The molecule has 0 aliphatic heterocycles. The van der Waals surface area contributed by atoms with Gasteiger partial charge in [0.25, 0.3) is 5.78 Å². The summed E-state index contributed by atoms with van der Waals surface area (Å²) in [6, 6.07) is 23.3. The molecule has 0 amide bonds. The monoisotopic (exact) mass is 343 g/mol. The van der Waals surface area contributed by atoms with Crippen LogP contribution in [0.2, 0.25) is 0 Å². The fourth-order valence-corrected chi connectivity index (χ4v) is 3.44.